The lowest BCUT2D eigenvalue weighted by Crippen LogP contribution is -2.34. The third-order valence-corrected chi connectivity index (χ3v) is 6.09. The SMILES string of the molecule is N=C(Cc1ccc(N2CC(CNC(=O)c3ccc(Cl)s3)OC2=O)cc1)Nc1ccccc1. The number of anilines is 2. The molecule has 2 aromatic carbocycles. The van der Waals surface area contributed by atoms with E-state index < -0.39 is 12.2 Å². The van der Waals surface area contributed by atoms with Crippen LogP contribution in [0.25, 0.3) is 0 Å². The zero-order chi connectivity index (χ0) is 22.5. The van der Waals surface area contributed by atoms with Crippen LogP contribution in [-0.4, -0.2) is 37.0 Å². The van der Waals surface area contributed by atoms with Crippen LogP contribution in [0.1, 0.15) is 15.2 Å². The van der Waals surface area contributed by atoms with Gasteiger partial charge in [0.15, 0.2) is 0 Å². The molecule has 9 heteroatoms. The number of para-hydroxylation sites is 1. The highest BCUT2D eigenvalue weighted by atomic mass is 35.5. The first-order valence-corrected chi connectivity index (χ1v) is 11.2. The number of ether oxygens (including phenoxy) is 1. The molecule has 164 valence electrons. The van der Waals surface area contributed by atoms with Gasteiger partial charge in [-0.05, 0) is 42.0 Å². The van der Waals surface area contributed by atoms with E-state index in [1.807, 2.05) is 54.6 Å². The molecule has 3 aromatic rings. The molecule has 0 aliphatic carbocycles. The number of thiophene rings is 1. The van der Waals surface area contributed by atoms with Crippen molar-refractivity contribution in [3.63, 3.8) is 0 Å². The Bertz CT molecular complexity index is 1120. The predicted molar refractivity (Wildman–Crippen MR) is 127 cm³/mol. The number of amidine groups is 1. The van der Waals surface area contributed by atoms with Gasteiger partial charge in [-0.3, -0.25) is 15.1 Å². The highest BCUT2D eigenvalue weighted by Gasteiger charge is 2.32. The van der Waals surface area contributed by atoms with Crippen molar-refractivity contribution >= 4 is 52.1 Å². The summed E-state index contributed by atoms with van der Waals surface area (Å²) < 4.78 is 5.93. The fraction of sp³-hybridized carbons (Fsp3) is 0.174. The van der Waals surface area contributed by atoms with Gasteiger partial charge in [-0.15, -0.1) is 11.3 Å². The van der Waals surface area contributed by atoms with Gasteiger partial charge in [-0.25, -0.2) is 4.79 Å². The number of rotatable bonds is 7. The maximum atomic E-state index is 12.3. The highest BCUT2D eigenvalue weighted by molar-refractivity contribution is 7.18. The van der Waals surface area contributed by atoms with Crippen molar-refractivity contribution in [2.75, 3.05) is 23.3 Å². The Hall–Kier alpha value is -3.36. The molecule has 4 rings (SSSR count). The van der Waals surface area contributed by atoms with Gasteiger partial charge >= 0.3 is 6.09 Å². The van der Waals surface area contributed by atoms with Crippen LogP contribution < -0.4 is 15.5 Å². The molecule has 2 amide bonds. The lowest BCUT2D eigenvalue weighted by atomic mass is 10.1. The number of halogens is 1. The van der Waals surface area contributed by atoms with Gasteiger partial charge in [0.25, 0.3) is 5.91 Å². The quantitative estimate of drug-likeness (QED) is 0.343. The van der Waals surface area contributed by atoms with E-state index in [2.05, 4.69) is 10.6 Å². The molecule has 1 aliphatic rings. The van der Waals surface area contributed by atoms with Gasteiger partial charge < -0.3 is 15.4 Å². The molecule has 0 bridgehead atoms. The summed E-state index contributed by atoms with van der Waals surface area (Å²) >= 11 is 7.06. The molecule has 32 heavy (non-hydrogen) atoms. The van der Waals surface area contributed by atoms with Gasteiger partial charge in [0.2, 0.25) is 0 Å². The highest BCUT2D eigenvalue weighted by Crippen LogP contribution is 2.23. The summed E-state index contributed by atoms with van der Waals surface area (Å²) in [5.74, 6) is 0.139. The standard InChI is InChI=1S/C23H21ClN4O3S/c24-20-11-10-19(32-20)22(29)26-13-18-14-28(23(30)31-18)17-8-6-15(7-9-17)12-21(25)27-16-4-2-1-3-5-16/h1-11,18H,12-14H2,(H2,25,27)(H,26,29). The smallest absolute Gasteiger partial charge is 0.414 e. The van der Waals surface area contributed by atoms with Crippen LogP contribution in [0.3, 0.4) is 0 Å². The largest absolute Gasteiger partial charge is 0.442 e. The van der Waals surface area contributed by atoms with E-state index in [-0.39, 0.29) is 12.5 Å². The molecule has 0 spiro atoms. The molecule has 1 fully saturated rings. The molecular weight excluding hydrogens is 448 g/mol. The van der Waals surface area contributed by atoms with E-state index in [1.54, 1.807) is 12.1 Å². The van der Waals surface area contributed by atoms with Crippen LogP contribution in [-0.2, 0) is 11.2 Å². The van der Waals surface area contributed by atoms with E-state index >= 15 is 0 Å². The number of benzene rings is 2. The third kappa shape index (κ3) is 5.46. The molecule has 0 saturated carbocycles. The Morgan fingerprint density at radius 2 is 1.88 bits per heavy atom. The summed E-state index contributed by atoms with van der Waals surface area (Å²) in [6.45, 7) is 0.562. The number of hydrogen-bond donors (Lipinski definition) is 3. The normalized spacial score (nSPS) is 15.3. The number of cyclic esters (lactones) is 1. The molecule has 1 unspecified atom stereocenters. The number of hydrogen-bond acceptors (Lipinski definition) is 5. The zero-order valence-corrected chi connectivity index (χ0v) is 18.6. The van der Waals surface area contributed by atoms with Crippen molar-refractivity contribution in [1.82, 2.24) is 5.32 Å². The Morgan fingerprint density at radius 3 is 2.56 bits per heavy atom. The zero-order valence-electron chi connectivity index (χ0n) is 17.0. The Labute approximate surface area is 194 Å². The minimum atomic E-state index is -0.449. The van der Waals surface area contributed by atoms with Crippen molar-refractivity contribution < 1.29 is 14.3 Å². The van der Waals surface area contributed by atoms with Crippen LogP contribution in [0.5, 0.6) is 0 Å². The lowest BCUT2D eigenvalue weighted by Gasteiger charge is -2.14. The van der Waals surface area contributed by atoms with Crippen molar-refractivity contribution in [3.05, 3.63) is 81.5 Å². The second kappa shape index (κ2) is 9.84. The van der Waals surface area contributed by atoms with Gasteiger partial charge in [0.1, 0.15) is 11.9 Å². The predicted octanol–water partition coefficient (Wildman–Crippen LogP) is 4.79. The van der Waals surface area contributed by atoms with E-state index in [1.165, 1.54) is 16.2 Å². The minimum absolute atomic E-state index is 0.219. The number of nitrogens with one attached hydrogen (secondary N) is 3. The second-order valence-electron chi connectivity index (χ2n) is 7.24. The van der Waals surface area contributed by atoms with Gasteiger partial charge in [-0.2, -0.15) is 0 Å². The molecule has 1 saturated heterocycles. The second-order valence-corrected chi connectivity index (χ2v) is 8.96. The molecule has 1 atom stereocenters. The molecule has 1 aromatic heterocycles. The summed E-state index contributed by atoms with van der Waals surface area (Å²) in [4.78, 5) is 26.5. The summed E-state index contributed by atoms with van der Waals surface area (Å²) in [7, 11) is 0. The average Bonchev–Trinajstić information content (AvgIpc) is 3.39. The topological polar surface area (TPSA) is 94.5 Å². The van der Waals surface area contributed by atoms with Crippen LogP contribution in [0.2, 0.25) is 4.34 Å². The summed E-state index contributed by atoms with van der Waals surface area (Å²) in [6.07, 6.45) is -0.444. The Kier molecular flexibility index (Phi) is 6.72. The minimum Gasteiger partial charge on any atom is -0.442 e. The number of nitrogens with zero attached hydrogens (tertiary/aromatic N) is 1. The molecule has 1 aliphatic heterocycles. The third-order valence-electron chi connectivity index (χ3n) is 4.86. The van der Waals surface area contributed by atoms with Crippen LogP contribution in [0, 0.1) is 5.41 Å². The number of carbonyl (C=O) groups excluding carboxylic acids is 2. The van der Waals surface area contributed by atoms with Crippen molar-refractivity contribution in [2.45, 2.75) is 12.5 Å². The van der Waals surface area contributed by atoms with Crippen LogP contribution >= 0.6 is 22.9 Å². The van der Waals surface area contributed by atoms with Crippen LogP contribution in [0.15, 0.2) is 66.7 Å². The van der Waals surface area contributed by atoms with Gasteiger partial charge in [0.05, 0.1) is 22.3 Å². The monoisotopic (exact) mass is 468 g/mol. The first-order chi connectivity index (χ1) is 15.5. The molecule has 2 heterocycles. The van der Waals surface area contributed by atoms with E-state index in [0.29, 0.717) is 33.7 Å². The maximum absolute atomic E-state index is 12.3. The number of carbonyl (C=O) groups is 2. The molecule has 3 N–H and O–H groups in total. The average molecular weight is 469 g/mol. The number of amides is 2. The summed E-state index contributed by atoms with van der Waals surface area (Å²) in [6, 6.07) is 20.3. The maximum Gasteiger partial charge on any atom is 0.414 e. The molecule has 7 nitrogen and oxygen atoms in total. The first kappa shape index (κ1) is 21.9. The summed E-state index contributed by atoms with van der Waals surface area (Å²) in [5.41, 5.74) is 2.53. The fourth-order valence-corrected chi connectivity index (χ4v) is 4.27. The van der Waals surface area contributed by atoms with Gasteiger partial charge in [0, 0.05) is 17.8 Å². The molecule has 0 radical (unpaired) electrons. The molecular formula is C23H21ClN4O3S. The van der Waals surface area contributed by atoms with E-state index in [4.69, 9.17) is 21.7 Å². The lowest BCUT2D eigenvalue weighted by molar-refractivity contribution is 0.0920. The van der Waals surface area contributed by atoms with Crippen LogP contribution in [0.4, 0.5) is 16.2 Å². The van der Waals surface area contributed by atoms with Crippen molar-refractivity contribution in [2.24, 2.45) is 0 Å². The summed E-state index contributed by atoms with van der Waals surface area (Å²) in [5, 5.41) is 14.0. The van der Waals surface area contributed by atoms with Crippen molar-refractivity contribution in [1.29, 1.82) is 5.41 Å². The van der Waals surface area contributed by atoms with Crippen molar-refractivity contribution in [3.8, 4) is 0 Å². The first-order valence-electron chi connectivity index (χ1n) is 9.98. The van der Waals surface area contributed by atoms with E-state index in [0.717, 1.165) is 11.3 Å². The van der Waals surface area contributed by atoms with E-state index in [9.17, 15) is 9.59 Å². The van der Waals surface area contributed by atoms with Gasteiger partial charge in [-0.1, -0.05) is 41.9 Å². The Balaban J connectivity index is 1.29. The Morgan fingerprint density at radius 1 is 1.12 bits per heavy atom. The fourth-order valence-electron chi connectivity index (χ4n) is 3.31.